The van der Waals surface area contributed by atoms with Crippen LogP contribution in [0.25, 0.3) is 0 Å². The molecule has 0 aromatic heterocycles. The highest BCUT2D eigenvalue weighted by Gasteiger charge is 2.40. The van der Waals surface area contributed by atoms with E-state index in [9.17, 15) is 0 Å². The molecule has 6 rings (SSSR count). The third kappa shape index (κ3) is 6.28. The minimum Gasteiger partial charge on any atom is -0.457 e. The number of hydrogen-bond acceptors (Lipinski definition) is 4. The van der Waals surface area contributed by atoms with Crippen LogP contribution < -0.4 is 20.9 Å². The van der Waals surface area contributed by atoms with Gasteiger partial charge in [-0.2, -0.15) is 0 Å². The fourth-order valence-corrected chi connectivity index (χ4v) is 7.53. The van der Waals surface area contributed by atoms with E-state index in [4.69, 9.17) is 20.9 Å². The average molecular weight is 561 g/mol. The molecule has 0 aliphatic heterocycles. The quantitative estimate of drug-likeness (QED) is 0.210. The Morgan fingerprint density at radius 1 is 0.571 bits per heavy atom. The van der Waals surface area contributed by atoms with E-state index >= 15 is 0 Å². The fraction of sp³-hybridized carbons (Fsp3) is 0.368. The zero-order valence-electron chi connectivity index (χ0n) is 24.8. The number of anilines is 2. The third-order valence-electron chi connectivity index (χ3n) is 10.0. The zero-order valence-corrected chi connectivity index (χ0v) is 24.8. The summed E-state index contributed by atoms with van der Waals surface area (Å²) in [5.74, 6) is 5.85. The Bertz CT molecular complexity index is 1350. The molecule has 0 atom stereocenters. The Labute approximate surface area is 251 Å². The van der Waals surface area contributed by atoms with Crippen LogP contribution in [0.3, 0.4) is 0 Å². The van der Waals surface area contributed by atoms with Gasteiger partial charge in [-0.05, 0) is 116 Å². The minimum absolute atomic E-state index is 0.0253. The van der Waals surface area contributed by atoms with Gasteiger partial charge in [-0.1, -0.05) is 62.6 Å². The molecule has 218 valence electrons. The first-order valence-electron chi connectivity index (χ1n) is 15.8. The van der Waals surface area contributed by atoms with Crippen LogP contribution in [0.4, 0.5) is 11.4 Å². The zero-order chi connectivity index (χ0) is 28.9. The van der Waals surface area contributed by atoms with E-state index in [2.05, 4.69) is 55.5 Å². The summed E-state index contributed by atoms with van der Waals surface area (Å²) in [6.45, 7) is 2.36. The van der Waals surface area contributed by atoms with Gasteiger partial charge in [0.05, 0.1) is 0 Å². The van der Waals surface area contributed by atoms with Crippen molar-refractivity contribution in [3.8, 4) is 23.0 Å². The van der Waals surface area contributed by atoms with Crippen molar-refractivity contribution in [3.63, 3.8) is 0 Å². The number of rotatable bonds is 8. The minimum atomic E-state index is -0.0253. The maximum Gasteiger partial charge on any atom is 0.129 e. The lowest BCUT2D eigenvalue weighted by Gasteiger charge is -2.44. The Kier molecular flexibility index (Phi) is 8.41. The predicted octanol–water partition coefficient (Wildman–Crippen LogP) is 10.1. The Hall–Kier alpha value is -3.92. The Balaban J connectivity index is 1.24. The number of hydrogen-bond donors (Lipinski definition) is 2. The van der Waals surface area contributed by atoms with Crippen LogP contribution in [-0.4, -0.2) is 0 Å². The lowest BCUT2D eigenvalue weighted by molar-refractivity contribution is 0.142. The van der Waals surface area contributed by atoms with Gasteiger partial charge in [0.15, 0.2) is 0 Å². The number of ether oxygens (including phenoxy) is 2. The Morgan fingerprint density at radius 3 is 1.45 bits per heavy atom. The maximum atomic E-state index is 6.13. The van der Waals surface area contributed by atoms with E-state index in [-0.39, 0.29) is 5.41 Å². The summed E-state index contributed by atoms with van der Waals surface area (Å²) >= 11 is 0. The van der Waals surface area contributed by atoms with Crippen molar-refractivity contribution >= 4 is 11.4 Å². The van der Waals surface area contributed by atoms with E-state index in [0.29, 0.717) is 11.4 Å². The van der Waals surface area contributed by atoms with Crippen LogP contribution in [-0.2, 0) is 5.41 Å². The molecule has 0 saturated heterocycles. The summed E-state index contributed by atoms with van der Waals surface area (Å²) in [7, 11) is 0. The standard InChI is InChI=1S/C38H44N2O2/c1-2-27-9-11-28(12-10-27)29-21-23-38(24-22-29,30-13-17-34(18-14-30)41-36-7-3-5-32(39)25-36)31-15-19-35(20-16-31)42-37-8-4-6-33(40)26-37/h3-8,13-20,25-29H,2,9-12,21-24,39-40H2,1H3/t27-,28+. The van der Waals surface area contributed by atoms with Crippen molar-refractivity contribution in [1.29, 1.82) is 0 Å². The lowest BCUT2D eigenvalue weighted by atomic mass is 9.60. The van der Waals surface area contributed by atoms with Gasteiger partial charge >= 0.3 is 0 Å². The van der Waals surface area contributed by atoms with Crippen molar-refractivity contribution < 1.29 is 9.47 Å². The van der Waals surface area contributed by atoms with E-state index in [0.717, 1.165) is 53.6 Å². The normalized spacial score (nSPS) is 20.6. The molecule has 0 unspecified atom stereocenters. The van der Waals surface area contributed by atoms with Crippen molar-refractivity contribution in [1.82, 2.24) is 0 Å². The van der Waals surface area contributed by atoms with E-state index in [1.807, 2.05) is 48.5 Å². The van der Waals surface area contributed by atoms with Gasteiger partial charge in [0, 0.05) is 28.9 Å². The van der Waals surface area contributed by atoms with Gasteiger partial charge in [0.25, 0.3) is 0 Å². The molecule has 4 N–H and O–H groups in total. The molecule has 0 amide bonds. The largest absolute Gasteiger partial charge is 0.457 e. The molecule has 0 radical (unpaired) electrons. The van der Waals surface area contributed by atoms with Crippen molar-refractivity contribution in [2.45, 2.75) is 70.1 Å². The van der Waals surface area contributed by atoms with Crippen LogP contribution in [0.2, 0.25) is 0 Å². The van der Waals surface area contributed by atoms with Crippen molar-refractivity contribution in [2.75, 3.05) is 11.5 Å². The van der Waals surface area contributed by atoms with Gasteiger partial charge < -0.3 is 20.9 Å². The molecule has 2 saturated carbocycles. The molecule has 42 heavy (non-hydrogen) atoms. The molecule has 4 aromatic rings. The van der Waals surface area contributed by atoms with Crippen LogP contribution in [0.5, 0.6) is 23.0 Å². The van der Waals surface area contributed by atoms with Gasteiger partial charge in [0.1, 0.15) is 23.0 Å². The van der Waals surface area contributed by atoms with E-state index < -0.39 is 0 Å². The highest BCUT2D eigenvalue weighted by molar-refractivity contribution is 5.48. The van der Waals surface area contributed by atoms with Crippen LogP contribution in [0.15, 0.2) is 97.1 Å². The summed E-state index contributed by atoms with van der Waals surface area (Å²) in [6, 6.07) is 32.7. The molecular formula is C38H44N2O2. The third-order valence-corrected chi connectivity index (χ3v) is 10.0. The molecule has 4 heteroatoms. The molecule has 4 aromatic carbocycles. The fourth-order valence-electron chi connectivity index (χ4n) is 7.53. The first-order chi connectivity index (χ1) is 20.5. The highest BCUT2D eigenvalue weighted by Crippen LogP contribution is 2.51. The molecular weight excluding hydrogens is 516 g/mol. The molecule has 4 nitrogen and oxygen atoms in total. The first-order valence-corrected chi connectivity index (χ1v) is 15.8. The van der Waals surface area contributed by atoms with Gasteiger partial charge in [0.2, 0.25) is 0 Å². The second-order valence-electron chi connectivity index (χ2n) is 12.5. The average Bonchev–Trinajstić information content (AvgIpc) is 3.02. The summed E-state index contributed by atoms with van der Waals surface area (Å²) in [4.78, 5) is 0. The van der Waals surface area contributed by atoms with Gasteiger partial charge in [-0.25, -0.2) is 0 Å². The van der Waals surface area contributed by atoms with Gasteiger partial charge in [-0.3, -0.25) is 0 Å². The second kappa shape index (κ2) is 12.5. The number of benzene rings is 4. The maximum absolute atomic E-state index is 6.13. The summed E-state index contributed by atoms with van der Waals surface area (Å²) < 4.78 is 12.3. The summed E-state index contributed by atoms with van der Waals surface area (Å²) in [5.41, 5.74) is 16.0. The van der Waals surface area contributed by atoms with Crippen LogP contribution >= 0.6 is 0 Å². The first kappa shape index (κ1) is 28.2. The highest BCUT2D eigenvalue weighted by atomic mass is 16.5. The molecule has 2 aliphatic rings. The van der Waals surface area contributed by atoms with Crippen molar-refractivity contribution in [3.05, 3.63) is 108 Å². The predicted molar refractivity (Wildman–Crippen MR) is 173 cm³/mol. The number of nitrogen functional groups attached to an aromatic ring is 2. The van der Waals surface area contributed by atoms with Crippen molar-refractivity contribution in [2.24, 2.45) is 17.8 Å². The topological polar surface area (TPSA) is 70.5 Å². The molecule has 0 bridgehead atoms. The van der Waals surface area contributed by atoms with Crippen LogP contribution in [0, 0.1) is 17.8 Å². The summed E-state index contributed by atoms with van der Waals surface area (Å²) in [6.07, 6.45) is 11.9. The smallest absolute Gasteiger partial charge is 0.129 e. The van der Waals surface area contributed by atoms with E-state index in [1.54, 1.807) is 0 Å². The monoisotopic (exact) mass is 560 g/mol. The number of nitrogens with two attached hydrogens (primary N) is 2. The Morgan fingerprint density at radius 2 is 1.02 bits per heavy atom. The van der Waals surface area contributed by atoms with E-state index in [1.165, 1.54) is 56.1 Å². The second-order valence-corrected chi connectivity index (χ2v) is 12.5. The molecule has 0 spiro atoms. The summed E-state index contributed by atoms with van der Waals surface area (Å²) in [5, 5.41) is 0. The SMILES string of the molecule is CC[C@H]1CC[C@@H](C2CCC(c3ccc(Oc4cccc(N)c4)cc3)(c3ccc(Oc4cccc(N)c4)cc3)CC2)CC1. The molecule has 2 fully saturated rings. The molecule has 0 heterocycles. The van der Waals surface area contributed by atoms with Gasteiger partial charge in [-0.15, -0.1) is 0 Å². The molecule has 2 aliphatic carbocycles. The van der Waals surface area contributed by atoms with Crippen LogP contribution in [0.1, 0.15) is 75.8 Å². The lowest BCUT2D eigenvalue weighted by Crippen LogP contribution is -2.35.